The number of aromatic nitrogens is 3. The molecule has 0 spiro atoms. The van der Waals surface area contributed by atoms with Gasteiger partial charge in [-0.3, -0.25) is 5.10 Å². The first-order valence-corrected chi connectivity index (χ1v) is 9.72. The summed E-state index contributed by atoms with van der Waals surface area (Å²) < 4.78 is 65.6. The Bertz CT molecular complexity index is 1090. The summed E-state index contributed by atoms with van der Waals surface area (Å²) in [5.74, 6) is 0. The normalized spacial score (nSPS) is 17.8. The van der Waals surface area contributed by atoms with Gasteiger partial charge >= 0.3 is 6.18 Å². The number of nitrogens with zero attached hydrogens (tertiary/aromatic N) is 2. The summed E-state index contributed by atoms with van der Waals surface area (Å²) in [7, 11) is -3.91. The molecular weight excluding hydrogens is 381 g/mol. The molecular formula is C17H15F3N4O2S. The highest BCUT2D eigenvalue weighted by Crippen LogP contribution is 2.30. The number of aryl methyl sites for hydroxylation is 1. The molecule has 2 heterocycles. The van der Waals surface area contributed by atoms with E-state index in [9.17, 15) is 21.6 Å². The summed E-state index contributed by atoms with van der Waals surface area (Å²) >= 11 is 0. The van der Waals surface area contributed by atoms with E-state index in [0.717, 1.165) is 40.8 Å². The average molecular weight is 396 g/mol. The van der Waals surface area contributed by atoms with Crippen molar-refractivity contribution in [1.82, 2.24) is 19.9 Å². The Balaban J connectivity index is 1.53. The van der Waals surface area contributed by atoms with E-state index in [0.29, 0.717) is 24.9 Å². The minimum atomic E-state index is -4.51. The molecule has 1 aliphatic carbocycles. The topological polar surface area (TPSA) is 87.7 Å². The molecule has 0 aliphatic heterocycles. The van der Waals surface area contributed by atoms with Gasteiger partial charge in [0.2, 0.25) is 10.0 Å². The molecule has 4 rings (SSSR count). The molecule has 0 fully saturated rings. The molecule has 6 nitrogen and oxygen atoms in total. The fraction of sp³-hybridized carbons (Fsp3) is 0.294. The SMILES string of the molecule is O=S(=O)(NC1CCc2c(cnc3[nH]ncc23)C1)c1ccc(C(F)(F)F)cc1. The highest BCUT2D eigenvalue weighted by Gasteiger charge is 2.31. The zero-order chi connectivity index (χ0) is 19.2. The van der Waals surface area contributed by atoms with Gasteiger partial charge in [0.25, 0.3) is 0 Å². The highest BCUT2D eigenvalue weighted by atomic mass is 32.2. The molecule has 1 unspecified atom stereocenters. The van der Waals surface area contributed by atoms with Crippen LogP contribution in [0.3, 0.4) is 0 Å². The zero-order valence-corrected chi connectivity index (χ0v) is 14.7. The van der Waals surface area contributed by atoms with Crippen molar-refractivity contribution in [2.45, 2.75) is 36.4 Å². The zero-order valence-electron chi connectivity index (χ0n) is 13.9. The van der Waals surface area contributed by atoms with Gasteiger partial charge in [-0.05, 0) is 54.7 Å². The minimum absolute atomic E-state index is 0.190. The predicted molar refractivity (Wildman–Crippen MR) is 91.5 cm³/mol. The van der Waals surface area contributed by atoms with Crippen molar-refractivity contribution in [3.8, 4) is 0 Å². The number of hydrogen-bond acceptors (Lipinski definition) is 4. The van der Waals surface area contributed by atoms with E-state index in [1.54, 1.807) is 12.4 Å². The number of aromatic amines is 1. The molecule has 27 heavy (non-hydrogen) atoms. The number of H-pyrrole nitrogens is 1. The third-order valence-electron chi connectivity index (χ3n) is 4.70. The molecule has 0 saturated carbocycles. The van der Waals surface area contributed by atoms with Crippen LogP contribution in [0.2, 0.25) is 0 Å². The van der Waals surface area contributed by atoms with Crippen LogP contribution in [0.1, 0.15) is 23.1 Å². The van der Waals surface area contributed by atoms with Gasteiger partial charge in [-0.25, -0.2) is 18.1 Å². The monoisotopic (exact) mass is 396 g/mol. The fourth-order valence-corrected chi connectivity index (χ4v) is 4.63. The number of halogens is 3. The summed E-state index contributed by atoms with van der Waals surface area (Å²) in [5.41, 5.74) is 1.84. The lowest BCUT2D eigenvalue weighted by Gasteiger charge is -2.25. The molecule has 3 aromatic rings. The smallest absolute Gasteiger partial charge is 0.261 e. The Labute approximate surface area is 152 Å². The minimum Gasteiger partial charge on any atom is -0.261 e. The van der Waals surface area contributed by atoms with Crippen molar-refractivity contribution >= 4 is 21.1 Å². The van der Waals surface area contributed by atoms with Gasteiger partial charge in [0.1, 0.15) is 0 Å². The molecule has 10 heteroatoms. The summed E-state index contributed by atoms with van der Waals surface area (Å²) in [6, 6.07) is 3.13. The molecule has 0 saturated heterocycles. The van der Waals surface area contributed by atoms with Crippen LogP contribution in [-0.4, -0.2) is 29.6 Å². The molecule has 0 radical (unpaired) electrons. The standard InChI is InChI=1S/C17H15F3N4O2S/c18-17(19,20)11-1-4-13(5-2-11)27(25,26)24-12-3-6-14-10(7-12)8-21-16-15(14)9-22-23-16/h1-2,4-5,8-9,12,24H,3,6-7H2,(H,21,22,23). The van der Waals surface area contributed by atoms with Crippen LogP contribution in [0.5, 0.6) is 0 Å². The number of benzene rings is 1. The van der Waals surface area contributed by atoms with E-state index in [2.05, 4.69) is 19.9 Å². The van der Waals surface area contributed by atoms with Gasteiger partial charge in [-0.15, -0.1) is 0 Å². The van der Waals surface area contributed by atoms with E-state index in [1.165, 1.54) is 0 Å². The number of fused-ring (bicyclic) bond motifs is 3. The van der Waals surface area contributed by atoms with Crippen molar-refractivity contribution in [2.75, 3.05) is 0 Å². The second-order valence-corrected chi connectivity index (χ2v) is 8.19. The quantitative estimate of drug-likeness (QED) is 0.713. The number of sulfonamides is 1. The second-order valence-electron chi connectivity index (χ2n) is 6.48. The predicted octanol–water partition coefficient (Wildman–Crippen LogP) is 2.81. The largest absolute Gasteiger partial charge is 0.416 e. The van der Waals surface area contributed by atoms with Gasteiger partial charge in [0.15, 0.2) is 5.65 Å². The molecule has 0 amide bonds. The van der Waals surface area contributed by atoms with Crippen molar-refractivity contribution in [3.05, 3.63) is 53.3 Å². The first-order valence-electron chi connectivity index (χ1n) is 8.23. The van der Waals surface area contributed by atoms with Gasteiger partial charge in [0.05, 0.1) is 16.7 Å². The summed E-state index contributed by atoms with van der Waals surface area (Å²) in [6.45, 7) is 0. The third-order valence-corrected chi connectivity index (χ3v) is 6.24. The molecule has 1 atom stereocenters. The molecule has 1 aliphatic rings. The first kappa shape index (κ1) is 17.9. The molecule has 2 aromatic heterocycles. The Kier molecular flexibility index (Phi) is 4.19. The Morgan fingerprint density at radius 2 is 1.89 bits per heavy atom. The van der Waals surface area contributed by atoms with Crippen molar-refractivity contribution in [3.63, 3.8) is 0 Å². The molecule has 0 bridgehead atoms. The maximum Gasteiger partial charge on any atom is 0.416 e. The lowest BCUT2D eigenvalue weighted by molar-refractivity contribution is -0.137. The summed E-state index contributed by atoms with van der Waals surface area (Å²) in [4.78, 5) is 4.08. The van der Waals surface area contributed by atoms with Crippen LogP contribution in [0.25, 0.3) is 11.0 Å². The second kappa shape index (κ2) is 6.31. The van der Waals surface area contributed by atoms with E-state index in [4.69, 9.17) is 0 Å². The number of pyridine rings is 1. The number of alkyl halides is 3. The molecule has 2 N–H and O–H groups in total. The number of nitrogens with one attached hydrogen (secondary N) is 2. The average Bonchev–Trinajstić information content (AvgIpc) is 3.09. The van der Waals surface area contributed by atoms with Crippen LogP contribution in [0.15, 0.2) is 41.6 Å². The van der Waals surface area contributed by atoms with E-state index < -0.39 is 21.8 Å². The van der Waals surface area contributed by atoms with E-state index in [1.807, 2.05) is 0 Å². The number of rotatable bonds is 3. The molecule has 1 aromatic carbocycles. The van der Waals surface area contributed by atoms with Crippen LogP contribution in [0, 0.1) is 0 Å². The van der Waals surface area contributed by atoms with Gasteiger partial charge in [-0.1, -0.05) is 0 Å². The first-order chi connectivity index (χ1) is 12.7. The van der Waals surface area contributed by atoms with Crippen LogP contribution < -0.4 is 4.72 Å². The summed E-state index contributed by atoms with van der Waals surface area (Å²) in [6.07, 6.45) is 0.602. The fourth-order valence-electron chi connectivity index (χ4n) is 3.36. The maximum atomic E-state index is 12.6. The Hall–Kier alpha value is -2.46. The van der Waals surface area contributed by atoms with Crippen LogP contribution in [0.4, 0.5) is 13.2 Å². The summed E-state index contributed by atoms with van der Waals surface area (Å²) in [5, 5.41) is 7.70. The lowest BCUT2D eigenvalue weighted by Crippen LogP contribution is -2.38. The van der Waals surface area contributed by atoms with Crippen LogP contribution in [-0.2, 0) is 29.0 Å². The molecule has 142 valence electrons. The Morgan fingerprint density at radius 3 is 2.59 bits per heavy atom. The third kappa shape index (κ3) is 3.42. The van der Waals surface area contributed by atoms with Crippen molar-refractivity contribution in [2.24, 2.45) is 0 Å². The van der Waals surface area contributed by atoms with Crippen molar-refractivity contribution in [1.29, 1.82) is 0 Å². The van der Waals surface area contributed by atoms with Gasteiger partial charge < -0.3 is 0 Å². The van der Waals surface area contributed by atoms with E-state index in [-0.39, 0.29) is 10.9 Å². The van der Waals surface area contributed by atoms with Crippen molar-refractivity contribution < 1.29 is 21.6 Å². The van der Waals surface area contributed by atoms with E-state index >= 15 is 0 Å². The lowest BCUT2D eigenvalue weighted by atomic mass is 9.88. The number of hydrogen-bond donors (Lipinski definition) is 2. The van der Waals surface area contributed by atoms with Gasteiger partial charge in [-0.2, -0.15) is 18.3 Å². The van der Waals surface area contributed by atoms with Crippen LogP contribution >= 0.6 is 0 Å². The van der Waals surface area contributed by atoms with Gasteiger partial charge in [0, 0.05) is 17.6 Å². The highest BCUT2D eigenvalue weighted by molar-refractivity contribution is 7.89. The maximum absolute atomic E-state index is 12.6. The Morgan fingerprint density at radius 1 is 1.15 bits per heavy atom.